The first-order valence-corrected chi connectivity index (χ1v) is 8.91. The Morgan fingerprint density at radius 3 is 2.71 bits per heavy atom. The summed E-state index contributed by atoms with van der Waals surface area (Å²) in [5, 5.41) is 11.1. The fourth-order valence-corrected chi connectivity index (χ4v) is 3.47. The molecule has 0 aromatic heterocycles. The molecule has 1 amide bonds. The van der Waals surface area contributed by atoms with E-state index in [1.807, 2.05) is 6.92 Å². The maximum Gasteiger partial charge on any atom is 0.238 e. The van der Waals surface area contributed by atoms with E-state index in [1.165, 1.54) is 18.2 Å². The number of nitrogens with two attached hydrogens (primary N) is 1. The third-order valence-electron chi connectivity index (χ3n) is 3.66. The number of amides is 1. The lowest BCUT2D eigenvalue weighted by molar-refractivity contribution is -0.125. The zero-order chi connectivity index (χ0) is 15.7. The Balaban J connectivity index is 2.18. The molecule has 4 N–H and O–H groups in total. The maximum atomic E-state index is 12.4. The molecule has 1 heterocycles. The third kappa shape index (κ3) is 3.82. The molecule has 21 heavy (non-hydrogen) atoms. The number of hydrogen-bond donors (Lipinski definition) is 3. The Bertz CT molecular complexity index is 655. The van der Waals surface area contributed by atoms with E-state index >= 15 is 0 Å². The van der Waals surface area contributed by atoms with E-state index in [0.717, 1.165) is 19.4 Å². The minimum absolute atomic E-state index is 0.00193. The highest BCUT2D eigenvalue weighted by Crippen LogP contribution is 2.30. The van der Waals surface area contributed by atoms with Crippen LogP contribution < -0.4 is 15.8 Å². The Morgan fingerprint density at radius 2 is 2.19 bits per heavy atom. The number of anilines is 1. The van der Waals surface area contributed by atoms with Crippen LogP contribution in [0.5, 0.6) is 0 Å². The number of primary sulfonamides is 1. The van der Waals surface area contributed by atoms with Gasteiger partial charge in [-0.25, -0.2) is 13.6 Å². The van der Waals surface area contributed by atoms with Crippen LogP contribution in [0.15, 0.2) is 27.6 Å². The standard InChI is InChI=1S/C13H18BrN3O3S/c1-13(5-2-6-16-8-13)12(18)17-11-4-3-9(7-10(11)14)21(15,19)20/h3-4,7,16H,2,5-6,8H2,1H3,(H,17,18)(H2,15,19,20). The van der Waals surface area contributed by atoms with E-state index in [0.29, 0.717) is 16.7 Å². The zero-order valence-electron chi connectivity index (χ0n) is 11.6. The van der Waals surface area contributed by atoms with Crippen LogP contribution in [-0.4, -0.2) is 27.4 Å². The van der Waals surface area contributed by atoms with Gasteiger partial charge in [-0.05, 0) is 60.4 Å². The van der Waals surface area contributed by atoms with E-state index in [4.69, 9.17) is 5.14 Å². The molecule has 0 spiro atoms. The second-order valence-corrected chi connectivity index (χ2v) is 7.90. The van der Waals surface area contributed by atoms with E-state index < -0.39 is 15.4 Å². The topological polar surface area (TPSA) is 101 Å². The lowest BCUT2D eigenvalue weighted by Crippen LogP contribution is -2.46. The second kappa shape index (κ2) is 6.04. The van der Waals surface area contributed by atoms with Gasteiger partial charge < -0.3 is 10.6 Å². The van der Waals surface area contributed by atoms with Gasteiger partial charge >= 0.3 is 0 Å². The minimum atomic E-state index is -3.76. The zero-order valence-corrected chi connectivity index (χ0v) is 14.1. The highest BCUT2D eigenvalue weighted by Gasteiger charge is 2.34. The molecule has 116 valence electrons. The molecule has 2 rings (SSSR count). The molecule has 0 bridgehead atoms. The molecule has 0 radical (unpaired) electrons. The van der Waals surface area contributed by atoms with Gasteiger partial charge in [-0.2, -0.15) is 0 Å². The summed E-state index contributed by atoms with van der Waals surface area (Å²) in [5.41, 5.74) is 0.0650. The van der Waals surface area contributed by atoms with Crippen LogP contribution in [0.25, 0.3) is 0 Å². The van der Waals surface area contributed by atoms with Crippen LogP contribution in [0.2, 0.25) is 0 Å². The van der Waals surface area contributed by atoms with Crippen LogP contribution in [0.1, 0.15) is 19.8 Å². The Kier molecular flexibility index (Phi) is 4.72. The number of carbonyl (C=O) groups is 1. The van der Waals surface area contributed by atoms with Gasteiger partial charge in [0, 0.05) is 11.0 Å². The van der Waals surface area contributed by atoms with Crippen molar-refractivity contribution in [3.8, 4) is 0 Å². The molecule has 1 aliphatic rings. The Hall–Kier alpha value is -0.960. The molecule has 8 heteroatoms. The van der Waals surface area contributed by atoms with Crippen LogP contribution in [-0.2, 0) is 14.8 Å². The number of nitrogens with one attached hydrogen (secondary N) is 2. The summed E-state index contributed by atoms with van der Waals surface area (Å²) in [7, 11) is -3.76. The number of benzene rings is 1. The van der Waals surface area contributed by atoms with Crippen LogP contribution >= 0.6 is 15.9 Å². The van der Waals surface area contributed by atoms with Gasteiger partial charge in [-0.1, -0.05) is 0 Å². The largest absolute Gasteiger partial charge is 0.325 e. The van der Waals surface area contributed by atoms with Gasteiger partial charge in [0.25, 0.3) is 0 Å². The van der Waals surface area contributed by atoms with Crippen molar-refractivity contribution >= 4 is 37.5 Å². The highest BCUT2D eigenvalue weighted by molar-refractivity contribution is 9.10. The maximum absolute atomic E-state index is 12.4. The molecule has 0 saturated carbocycles. The molecule has 1 fully saturated rings. The van der Waals surface area contributed by atoms with Crippen molar-refractivity contribution in [1.29, 1.82) is 0 Å². The fourth-order valence-electron chi connectivity index (χ4n) is 2.30. The molecular formula is C13H18BrN3O3S. The predicted octanol–water partition coefficient (Wildman–Crippen LogP) is 1.42. The average molecular weight is 376 g/mol. The summed E-state index contributed by atoms with van der Waals surface area (Å²) in [5.74, 6) is -0.0845. The van der Waals surface area contributed by atoms with Crippen LogP contribution in [0.4, 0.5) is 5.69 Å². The van der Waals surface area contributed by atoms with E-state index in [2.05, 4.69) is 26.6 Å². The van der Waals surface area contributed by atoms with Crippen LogP contribution in [0.3, 0.4) is 0 Å². The number of halogens is 1. The monoisotopic (exact) mass is 375 g/mol. The SMILES string of the molecule is CC1(C(=O)Nc2ccc(S(N)(=O)=O)cc2Br)CCCNC1. The quantitative estimate of drug-likeness (QED) is 0.743. The van der Waals surface area contributed by atoms with Gasteiger partial charge in [0.2, 0.25) is 15.9 Å². The van der Waals surface area contributed by atoms with Gasteiger partial charge in [0.05, 0.1) is 16.0 Å². The van der Waals surface area contributed by atoms with Gasteiger partial charge in [0.1, 0.15) is 0 Å². The van der Waals surface area contributed by atoms with Gasteiger partial charge in [-0.3, -0.25) is 4.79 Å². The van der Waals surface area contributed by atoms with Crippen molar-refractivity contribution in [2.45, 2.75) is 24.7 Å². The lowest BCUT2D eigenvalue weighted by atomic mass is 9.82. The molecule has 0 aliphatic carbocycles. The summed E-state index contributed by atoms with van der Waals surface area (Å²) in [6.45, 7) is 3.47. The van der Waals surface area contributed by atoms with E-state index in [9.17, 15) is 13.2 Å². The van der Waals surface area contributed by atoms with E-state index in [-0.39, 0.29) is 10.8 Å². The highest BCUT2D eigenvalue weighted by atomic mass is 79.9. The molecular weight excluding hydrogens is 358 g/mol. The minimum Gasteiger partial charge on any atom is -0.325 e. The third-order valence-corrected chi connectivity index (χ3v) is 5.23. The van der Waals surface area contributed by atoms with Crippen molar-refractivity contribution in [3.63, 3.8) is 0 Å². The summed E-state index contributed by atoms with van der Waals surface area (Å²) >= 11 is 3.26. The Labute approximate surface area is 132 Å². The van der Waals surface area contributed by atoms with Crippen molar-refractivity contribution in [2.75, 3.05) is 18.4 Å². The molecule has 6 nitrogen and oxygen atoms in total. The first-order valence-electron chi connectivity index (χ1n) is 6.57. The number of piperidine rings is 1. The molecule has 1 aliphatic heterocycles. The summed E-state index contributed by atoms with van der Waals surface area (Å²) < 4.78 is 23.0. The summed E-state index contributed by atoms with van der Waals surface area (Å²) in [4.78, 5) is 12.4. The van der Waals surface area contributed by atoms with Crippen molar-refractivity contribution in [2.24, 2.45) is 10.6 Å². The predicted molar refractivity (Wildman–Crippen MR) is 84.4 cm³/mol. The molecule has 1 atom stereocenters. The normalized spacial score (nSPS) is 22.8. The molecule has 1 aromatic carbocycles. The number of rotatable bonds is 3. The van der Waals surface area contributed by atoms with Gasteiger partial charge in [0.15, 0.2) is 0 Å². The summed E-state index contributed by atoms with van der Waals surface area (Å²) in [6, 6.07) is 4.28. The number of sulfonamides is 1. The van der Waals surface area contributed by atoms with Gasteiger partial charge in [-0.15, -0.1) is 0 Å². The number of hydrogen-bond acceptors (Lipinski definition) is 4. The van der Waals surface area contributed by atoms with E-state index in [1.54, 1.807) is 0 Å². The molecule has 1 unspecified atom stereocenters. The van der Waals surface area contributed by atoms with Crippen molar-refractivity contribution in [3.05, 3.63) is 22.7 Å². The van der Waals surface area contributed by atoms with Crippen LogP contribution in [0, 0.1) is 5.41 Å². The fraction of sp³-hybridized carbons (Fsp3) is 0.462. The smallest absolute Gasteiger partial charge is 0.238 e. The summed E-state index contributed by atoms with van der Waals surface area (Å²) in [6.07, 6.45) is 1.77. The first kappa shape index (κ1) is 16.4. The Morgan fingerprint density at radius 1 is 1.48 bits per heavy atom. The number of carbonyl (C=O) groups excluding carboxylic acids is 1. The lowest BCUT2D eigenvalue weighted by Gasteiger charge is -2.32. The average Bonchev–Trinajstić information content (AvgIpc) is 2.40. The molecule has 1 aromatic rings. The second-order valence-electron chi connectivity index (χ2n) is 5.48. The van der Waals surface area contributed by atoms with Crippen molar-refractivity contribution < 1.29 is 13.2 Å². The molecule has 1 saturated heterocycles. The van der Waals surface area contributed by atoms with Crippen molar-refractivity contribution in [1.82, 2.24) is 5.32 Å². The first-order chi connectivity index (χ1) is 9.72.